The predicted molar refractivity (Wildman–Crippen MR) is 240 cm³/mol. The molecule has 270 valence electrons. The second-order valence-electron chi connectivity index (χ2n) is 14.8. The van der Waals surface area contributed by atoms with Gasteiger partial charge in [-0.3, -0.25) is 4.57 Å². The van der Waals surface area contributed by atoms with E-state index in [9.17, 15) is 0 Å². The van der Waals surface area contributed by atoms with Gasteiger partial charge in [-0.1, -0.05) is 103 Å². The van der Waals surface area contributed by atoms with Crippen molar-refractivity contribution < 1.29 is 4.42 Å². The summed E-state index contributed by atoms with van der Waals surface area (Å²) in [6.07, 6.45) is 0. The van der Waals surface area contributed by atoms with Gasteiger partial charge in [0.15, 0.2) is 11.6 Å². The average molecular weight is 760 g/mol. The van der Waals surface area contributed by atoms with E-state index in [0.29, 0.717) is 17.6 Å². The number of aromatic nitrogens is 5. The van der Waals surface area contributed by atoms with E-state index in [-0.39, 0.29) is 0 Å². The molecular formula is C51H29N5OS. The van der Waals surface area contributed by atoms with Crippen LogP contribution in [0, 0.1) is 0 Å². The van der Waals surface area contributed by atoms with Crippen molar-refractivity contribution in [3.05, 3.63) is 176 Å². The zero-order valence-corrected chi connectivity index (χ0v) is 31.6. The third-order valence-corrected chi connectivity index (χ3v) is 12.7. The molecule has 13 rings (SSSR count). The summed E-state index contributed by atoms with van der Waals surface area (Å²) in [7, 11) is 0. The van der Waals surface area contributed by atoms with Gasteiger partial charge in [0, 0.05) is 69.3 Å². The Morgan fingerprint density at radius 1 is 0.379 bits per heavy atom. The molecule has 5 aromatic heterocycles. The molecular weight excluding hydrogens is 731 g/mol. The summed E-state index contributed by atoms with van der Waals surface area (Å²) in [5.41, 5.74) is 8.89. The second-order valence-corrected chi connectivity index (χ2v) is 15.9. The van der Waals surface area contributed by atoms with Crippen LogP contribution in [0.5, 0.6) is 0 Å². The van der Waals surface area contributed by atoms with E-state index >= 15 is 0 Å². The molecule has 0 atom stereocenters. The van der Waals surface area contributed by atoms with Crippen LogP contribution in [-0.2, 0) is 0 Å². The van der Waals surface area contributed by atoms with Crippen molar-refractivity contribution >= 4 is 97.1 Å². The van der Waals surface area contributed by atoms with Gasteiger partial charge < -0.3 is 8.98 Å². The fraction of sp³-hybridized carbons (Fsp3) is 0. The maximum absolute atomic E-state index is 6.50. The van der Waals surface area contributed by atoms with Gasteiger partial charge >= 0.3 is 0 Å². The molecule has 0 saturated carbocycles. The van der Waals surface area contributed by atoms with Crippen LogP contribution < -0.4 is 0 Å². The van der Waals surface area contributed by atoms with E-state index in [2.05, 4.69) is 185 Å². The van der Waals surface area contributed by atoms with Gasteiger partial charge in [0.25, 0.3) is 0 Å². The SMILES string of the molecule is c1cc(-c2nc(-c3ccc4oc5ccc6sc7ccccc7c6c5c4c3)nc(-n3c4ccccc4c4ccccc43)n2)cc(-n2c3ccccc3c3ccccc32)c1. The van der Waals surface area contributed by atoms with Gasteiger partial charge in [0.2, 0.25) is 5.95 Å². The lowest BCUT2D eigenvalue weighted by molar-refractivity contribution is 0.669. The van der Waals surface area contributed by atoms with Crippen LogP contribution in [0.4, 0.5) is 0 Å². The summed E-state index contributed by atoms with van der Waals surface area (Å²) in [5.74, 6) is 1.73. The van der Waals surface area contributed by atoms with E-state index in [1.54, 1.807) is 0 Å². The third-order valence-electron chi connectivity index (χ3n) is 11.6. The topological polar surface area (TPSA) is 61.7 Å². The van der Waals surface area contributed by atoms with Crippen LogP contribution in [0.25, 0.3) is 120 Å². The molecule has 0 amide bonds. The molecule has 0 N–H and O–H groups in total. The molecule has 13 aromatic rings. The second kappa shape index (κ2) is 11.9. The van der Waals surface area contributed by atoms with E-state index in [1.165, 1.54) is 30.9 Å². The Balaban J connectivity index is 1.07. The predicted octanol–water partition coefficient (Wildman–Crippen LogP) is 13.7. The first-order chi connectivity index (χ1) is 28.7. The summed E-state index contributed by atoms with van der Waals surface area (Å²) >= 11 is 1.81. The van der Waals surface area contributed by atoms with Crippen molar-refractivity contribution in [2.75, 3.05) is 0 Å². The zero-order valence-electron chi connectivity index (χ0n) is 30.8. The first-order valence-corrected chi connectivity index (χ1v) is 20.2. The highest BCUT2D eigenvalue weighted by Crippen LogP contribution is 2.43. The molecule has 0 bridgehead atoms. The van der Waals surface area contributed by atoms with Crippen molar-refractivity contribution in [3.8, 4) is 34.4 Å². The van der Waals surface area contributed by atoms with Crippen LogP contribution in [0.15, 0.2) is 180 Å². The molecule has 8 aromatic carbocycles. The highest BCUT2D eigenvalue weighted by molar-refractivity contribution is 7.26. The van der Waals surface area contributed by atoms with Gasteiger partial charge in [-0.25, -0.2) is 4.98 Å². The molecule has 0 aliphatic heterocycles. The molecule has 5 heterocycles. The van der Waals surface area contributed by atoms with Crippen LogP contribution in [0.1, 0.15) is 0 Å². The number of benzene rings is 8. The molecule has 0 aliphatic rings. The number of thiophene rings is 1. The number of furan rings is 1. The smallest absolute Gasteiger partial charge is 0.238 e. The minimum absolute atomic E-state index is 0.558. The Kier molecular flexibility index (Phi) is 6.50. The highest BCUT2D eigenvalue weighted by atomic mass is 32.1. The maximum Gasteiger partial charge on any atom is 0.238 e. The van der Waals surface area contributed by atoms with Crippen molar-refractivity contribution in [3.63, 3.8) is 0 Å². The summed E-state index contributed by atoms with van der Waals surface area (Å²) in [6, 6.07) is 61.8. The number of nitrogens with zero attached hydrogens (tertiary/aromatic N) is 5. The standard InChI is InChI=1S/C51H29N5OS/c1-6-19-39-33(14-1)34-15-2-7-20-40(34)55(39)32-13-11-12-30(28-32)49-52-50(54-51(53-49)56-41-21-8-3-16-35(41)36-17-4-9-22-42(36)56)31-24-25-43-38(29-31)47-44(57-43)26-27-46-48(47)37-18-5-10-23-45(37)58-46/h1-29H. The number of hydrogen-bond acceptors (Lipinski definition) is 5. The van der Waals surface area contributed by atoms with Crippen molar-refractivity contribution in [1.82, 2.24) is 24.1 Å². The third kappa shape index (κ3) is 4.50. The van der Waals surface area contributed by atoms with Gasteiger partial charge in [0.1, 0.15) is 11.2 Å². The lowest BCUT2D eigenvalue weighted by atomic mass is 10.0. The van der Waals surface area contributed by atoms with Gasteiger partial charge in [-0.05, 0) is 72.8 Å². The molecule has 0 spiro atoms. The van der Waals surface area contributed by atoms with Crippen LogP contribution >= 0.6 is 11.3 Å². The van der Waals surface area contributed by atoms with E-state index in [4.69, 9.17) is 19.4 Å². The molecule has 0 aliphatic carbocycles. The Labute approximate surface area is 334 Å². The molecule has 6 nitrogen and oxygen atoms in total. The first kappa shape index (κ1) is 31.6. The number of para-hydroxylation sites is 4. The Hall–Kier alpha value is -7.61. The number of fused-ring (bicyclic) bond motifs is 13. The van der Waals surface area contributed by atoms with E-state index < -0.39 is 0 Å². The number of hydrogen-bond donors (Lipinski definition) is 0. The van der Waals surface area contributed by atoms with Crippen molar-refractivity contribution in [1.29, 1.82) is 0 Å². The maximum atomic E-state index is 6.50. The molecule has 0 radical (unpaired) electrons. The highest BCUT2D eigenvalue weighted by Gasteiger charge is 2.21. The molecule has 0 saturated heterocycles. The fourth-order valence-corrected chi connectivity index (χ4v) is 10.2. The molecule has 58 heavy (non-hydrogen) atoms. The van der Waals surface area contributed by atoms with Crippen LogP contribution in [-0.4, -0.2) is 24.1 Å². The minimum Gasteiger partial charge on any atom is -0.456 e. The Morgan fingerprint density at radius 3 is 1.59 bits per heavy atom. The quantitative estimate of drug-likeness (QED) is 0.179. The number of rotatable bonds is 4. The summed E-state index contributed by atoms with van der Waals surface area (Å²) < 4.78 is 13.5. The van der Waals surface area contributed by atoms with Gasteiger partial charge in [-0.2, -0.15) is 9.97 Å². The lowest BCUT2D eigenvalue weighted by Crippen LogP contribution is -2.06. The average Bonchev–Trinajstić information content (AvgIpc) is 4.03. The zero-order chi connectivity index (χ0) is 37.9. The van der Waals surface area contributed by atoms with Crippen molar-refractivity contribution in [2.24, 2.45) is 0 Å². The summed E-state index contributed by atoms with van der Waals surface area (Å²) in [5, 5.41) is 9.34. The largest absolute Gasteiger partial charge is 0.456 e. The minimum atomic E-state index is 0.558. The molecule has 0 unspecified atom stereocenters. The van der Waals surface area contributed by atoms with Gasteiger partial charge in [0.05, 0.1) is 22.1 Å². The summed E-state index contributed by atoms with van der Waals surface area (Å²) in [4.78, 5) is 15.9. The summed E-state index contributed by atoms with van der Waals surface area (Å²) in [6.45, 7) is 0. The van der Waals surface area contributed by atoms with Crippen LogP contribution in [0.2, 0.25) is 0 Å². The lowest BCUT2D eigenvalue weighted by Gasteiger charge is -2.12. The van der Waals surface area contributed by atoms with E-state index in [0.717, 1.165) is 71.6 Å². The monoisotopic (exact) mass is 759 g/mol. The Morgan fingerprint density at radius 2 is 0.931 bits per heavy atom. The fourth-order valence-electron chi connectivity index (χ4n) is 9.07. The normalized spacial score (nSPS) is 12.1. The first-order valence-electron chi connectivity index (χ1n) is 19.4. The van der Waals surface area contributed by atoms with Crippen molar-refractivity contribution in [2.45, 2.75) is 0 Å². The van der Waals surface area contributed by atoms with Crippen LogP contribution in [0.3, 0.4) is 0 Å². The van der Waals surface area contributed by atoms with Gasteiger partial charge in [-0.15, -0.1) is 11.3 Å². The molecule has 7 heteroatoms. The van der Waals surface area contributed by atoms with E-state index in [1.807, 2.05) is 11.3 Å². The Bertz CT molecular complexity index is 3720. The molecule has 0 fully saturated rings.